The normalized spacial score (nSPS) is 17.1. The molecular weight excluding hydrogens is 200 g/mol. The lowest BCUT2D eigenvalue weighted by atomic mass is 10.1. The van der Waals surface area contributed by atoms with Gasteiger partial charge in [0.15, 0.2) is 0 Å². The second kappa shape index (κ2) is 3.98. The van der Waals surface area contributed by atoms with Gasteiger partial charge >= 0.3 is 0 Å². The zero-order chi connectivity index (χ0) is 10.8. The van der Waals surface area contributed by atoms with Crippen molar-refractivity contribution >= 4 is 0 Å². The molecule has 0 amide bonds. The molecule has 4 heteroatoms. The van der Waals surface area contributed by atoms with Gasteiger partial charge in [0, 0.05) is 12.5 Å². The van der Waals surface area contributed by atoms with Crippen molar-refractivity contribution in [1.29, 1.82) is 0 Å². The highest BCUT2D eigenvalue weighted by Gasteiger charge is 2.17. The van der Waals surface area contributed by atoms with Crippen molar-refractivity contribution in [2.75, 3.05) is 6.61 Å². The lowest BCUT2D eigenvalue weighted by Gasteiger charge is -2.13. The molecule has 0 saturated heterocycles. The van der Waals surface area contributed by atoms with Gasteiger partial charge < -0.3 is 10.5 Å². The number of hydrogen-bond donors (Lipinski definition) is 1. The molecule has 0 spiro atoms. The van der Waals surface area contributed by atoms with E-state index in [0.29, 0.717) is 17.9 Å². The molecule has 0 radical (unpaired) electrons. The van der Waals surface area contributed by atoms with E-state index in [1.54, 1.807) is 0 Å². The third-order valence-electron chi connectivity index (χ3n) is 2.28. The highest BCUT2D eigenvalue weighted by molar-refractivity contribution is 5.27. The van der Waals surface area contributed by atoms with Gasteiger partial charge in [-0.1, -0.05) is 0 Å². The van der Waals surface area contributed by atoms with Gasteiger partial charge in [-0.2, -0.15) is 0 Å². The summed E-state index contributed by atoms with van der Waals surface area (Å²) in [7, 11) is 0. The number of hydrogen-bond acceptors (Lipinski definition) is 2. The van der Waals surface area contributed by atoms with E-state index in [9.17, 15) is 8.78 Å². The number of halogens is 2. The van der Waals surface area contributed by atoms with Crippen LogP contribution in [0.4, 0.5) is 8.78 Å². The summed E-state index contributed by atoms with van der Waals surface area (Å²) in [5, 5.41) is 0. The Morgan fingerprint density at radius 2 is 1.87 bits per heavy atom. The fourth-order valence-electron chi connectivity index (χ4n) is 1.57. The van der Waals surface area contributed by atoms with E-state index in [4.69, 9.17) is 10.5 Å². The summed E-state index contributed by atoms with van der Waals surface area (Å²) >= 11 is 0. The summed E-state index contributed by atoms with van der Waals surface area (Å²) in [4.78, 5) is 0. The van der Waals surface area contributed by atoms with Gasteiger partial charge in [0.25, 0.3) is 0 Å². The predicted molar refractivity (Wildman–Crippen MR) is 51.9 cm³/mol. The maximum absolute atomic E-state index is 12.9. The summed E-state index contributed by atoms with van der Waals surface area (Å²) in [6.45, 7) is 0.584. The molecule has 0 aliphatic carbocycles. The van der Waals surface area contributed by atoms with Crippen LogP contribution in [0, 0.1) is 11.6 Å². The summed E-state index contributed by atoms with van der Waals surface area (Å²) in [5.74, 6) is -0.668. The van der Waals surface area contributed by atoms with Crippen LogP contribution in [0.15, 0.2) is 30.0 Å². The van der Waals surface area contributed by atoms with Gasteiger partial charge in [0.1, 0.15) is 17.4 Å². The maximum Gasteiger partial charge on any atom is 0.126 e. The summed E-state index contributed by atoms with van der Waals surface area (Å²) in [5.41, 5.74) is 6.20. The molecule has 1 aromatic carbocycles. The average molecular weight is 211 g/mol. The zero-order valence-electron chi connectivity index (χ0n) is 8.04. The molecule has 0 fully saturated rings. The highest BCUT2D eigenvalue weighted by Crippen LogP contribution is 2.25. The van der Waals surface area contributed by atoms with Crippen LogP contribution in [0.3, 0.4) is 0 Å². The second-order valence-corrected chi connectivity index (χ2v) is 3.42. The van der Waals surface area contributed by atoms with Gasteiger partial charge in [-0.25, -0.2) is 8.78 Å². The van der Waals surface area contributed by atoms with Crippen LogP contribution in [0.1, 0.15) is 18.0 Å². The van der Waals surface area contributed by atoms with Crippen molar-refractivity contribution in [3.05, 3.63) is 47.2 Å². The van der Waals surface area contributed by atoms with Crippen LogP contribution >= 0.6 is 0 Å². The lowest BCUT2D eigenvalue weighted by molar-refractivity contribution is 0.225. The minimum Gasteiger partial charge on any atom is -0.496 e. The second-order valence-electron chi connectivity index (χ2n) is 3.42. The number of benzene rings is 1. The average Bonchev–Trinajstić information content (AvgIpc) is 2.67. The van der Waals surface area contributed by atoms with Gasteiger partial charge in [-0.15, -0.1) is 0 Å². The largest absolute Gasteiger partial charge is 0.496 e. The predicted octanol–water partition coefficient (Wildman–Crippen LogP) is 2.27. The highest BCUT2D eigenvalue weighted by atomic mass is 19.1. The Morgan fingerprint density at radius 1 is 1.20 bits per heavy atom. The molecular formula is C11H11F2NO. The minimum atomic E-state index is -0.626. The molecule has 2 nitrogen and oxygen atoms in total. The molecule has 2 rings (SSSR count). The fraction of sp³-hybridized carbons (Fsp3) is 0.273. The minimum absolute atomic E-state index is 0.389. The van der Waals surface area contributed by atoms with E-state index in [1.807, 2.05) is 6.08 Å². The van der Waals surface area contributed by atoms with Crippen molar-refractivity contribution in [2.24, 2.45) is 5.73 Å². The zero-order valence-corrected chi connectivity index (χ0v) is 8.04. The van der Waals surface area contributed by atoms with Crippen LogP contribution in [-0.4, -0.2) is 6.61 Å². The Kier molecular flexibility index (Phi) is 2.68. The van der Waals surface area contributed by atoms with Crippen LogP contribution in [0.5, 0.6) is 0 Å². The molecule has 1 atom stereocenters. The van der Waals surface area contributed by atoms with E-state index in [1.165, 1.54) is 12.1 Å². The lowest BCUT2D eigenvalue weighted by Crippen LogP contribution is -2.14. The Morgan fingerprint density at radius 3 is 2.40 bits per heavy atom. The topological polar surface area (TPSA) is 35.2 Å². The number of rotatable bonds is 2. The molecule has 0 bridgehead atoms. The van der Waals surface area contributed by atoms with Gasteiger partial charge in [-0.05, 0) is 23.8 Å². The standard InChI is InChI=1S/C11H11F2NO/c12-8-4-7(5-9(13)6-8)11(14)10-2-1-3-15-10/h2,4-6,11H,1,3,14H2. The first-order chi connectivity index (χ1) is 7.16. The molecule has 1 unspecified atom stereocenters. The van der Waals surface area contributed by atoms with Crippen LogP contribution in [0.2, 0.25) is 0 Å². The molecule has 15 heavy (non-hydrogen) atoms. The smallest absolute Gasteiger partial charge is 0.126 e. The molecule has 2 N–H and O–H groups in total. The van der Waals surface area contributed by atoms with Crippen molar-refractivity contribution in [2.45, 2.75) is 12.5 Å². The van der Waals surface area contributed by atoms with Gasteiger partial charge in [0.05, 0.1) is 12.6 Å². The van der Waals surface area contributed by atoms with Crippen molar-refractivity contribution < 1.29 is 13.5 Å². The van der Waals surface area contributed by atoms with E-state index in [-0.39, 0.29) is 0 Å². The van der Waals surface area contributed by atoms with Gasteiger partial charge in [0.2, 0.25) is 0 Å². The van der Waals surface area contributed by atoms with Crippen LogP contribution in [0.25, 0.3) is 0 Å². The molecule has 0 saturated carbocycles. The van der Waals surface area contributed by atoms with Crippen molar-refractivity contribution in [3.63, 3.8) is 0 Å². The van der Waals surface area contributed by atoms with Gasteiger partial charge in [-0.3, -0.25) is 0 Å². The van der Waals surface area contributed by atoms with E-state index < -0.39 is 17.7 Å². The number of ether oxygens (including phenoxy) is 1. The van der Waals surface area contributed by atoms with Crippen LogP contribution in [-0.2, 0) is 4.74 Å². The number of nitrogens with two attached hydrogens (primary N) is 1. The molecule has 1 aromatic rings. The first-order valence-corrected chi connectivity index (χ1v) is 4.71. The molecule has 0 aromatic heterocycles. The SMILES string of the molecule is NC(C1=CCCO1)c1cc(F)cc(F)c1. The molecule has 1 heterocycles. The Bertz CT molecular complexity index is 383. The maximum atomic E-state index is 12.9. The Hall–Kier alpha value is -1.42. The molecule has 1 aliphatic rings. The summed E-state index contributed by atoms with van der Waals surface area (Å²) < 4.78 is 31.1. The summed E-state index contributed by atoms with van der Waals surface area (Å²) in [6.07, 6.45) is 2.63. The third-order valence-corrected chi connectivity index (χ3v) is 2.28. The van der Waals surface area contributed by atoms with E-state index in [0.717, 1.165) is 12.5 Å². The van der Waals surface area contributed by atoms with E-state index >= 15 is 0 Å². The Labute approximate surface area is 86.3 Å². The first kappa shape index (κ1) is 10.1. The van der Waals surface area contributed by atoms with Crippen LogP contribution < -0.4 is 5.73 Å². The quantitative estimate of drug-likeness (QED) is 0.814. The van der Waals surface area contributed by atoms with E-state index in [2.05, 4.69) is 0 Å². The van der Waals surface area contributed by atoms with Crippen molar-refractivity contribution in [1.82, 2.24) is 0 Å². The first-order valence-electron chi connectivity index (χ1n) is 4.71. The van der Waals surface area contributed by atoms with Crippen molar-refractivity contribution in [3.8, 4) is 0 Å². The molecule has 1 aliphatic heterocycles. The Balaban J connectivity index is 2.28. The monoisotopic (exact) mass is 211 g/mol. The third kappa shape index (κ3) is 2.15. The fourth-order valence-corrected chi connectivity index (χ4v) is 1.57. The molecule has 80 valence electrons. The summed E-state index contributed by atoms with van der Waals surface area (Å²) in [6, 6.07) is 2.67.